The molecule has 0 unspecified atom stereocenters. The van der Waals surface area contributed by atoms with Crippen LogP contribution in [0.15, 0.2) is 95.5 Å². The maximum atomic E-state index is 3.79. The van der Waals surface area contributed by atoms with E-state index in [4.69, 9.17) is 0 Å². The Morgan fingerprint density at radius 1 is 0.541 bits per heavy atom. The highest BCUT2D eigenvalue weighted by molar-refractivity contribution is 9.10. The predicted molar refractivity (Wildman–Crippen MR) is 158 cm³/mol. The summed E-state index contributed by atoms with van der Waals surface area (Å²) in [6.07, 6.45) is 7.17. The summed E-state index contributed by atoms with van der Waals surface area (Å²) < 4.78 is 1.17. The van der Waals surface area contributed by atoms with Gasteiger partial charge < -0.3 is 0 Å². The molecule has 4 fully saturated rings. The van der Waals surface area contributed by atoms with Gasteiger partial charge in [0.05, 0.1) is 0 Å². The molecule has 5 aromatic rings. The number of fused-ring (bicyclic) bond motifs is 5. The van der Waals surface area contributed by atoms with Gasteiger partial charge >= 0.3 is 0 Å². The molecule has 5 aliphatic rings. The van der Waals surface area contributed by atoms with E-state index in [9.17, 15) is 0 Å². The summed E-state index contributed by atoms with van der Waals surface area (Å²) in [5.74, 6) is 3.48. The van der Waals surface area contributed by atoms with Crippen LogP contribution in [-0.4, -0.2) is 0 Å². The smallest absolute Gasteiger partial charge is 0.0272 e. The Morgan fingerprint density at radius 3 is 2.00 bits per heavy atom. The van der Waals surface area contributed by atoms with Gasteiger partial charge in [-0.05, 0) is 135 Å². The minimum atomic E-state index is 0.184. The zero-order valence-corrected chi connectivity index (χ0v) is 22.5. The van der Waals surface area contributed by atoms with Crippen molar-refractivity contribution in [2.24, 2.45) is 23.7 Å². The topological polar surface area (TPSA) is 0 Å². The fourth-order valence-electron chi connectivity index (χ4n) is 9.57. The third-order valence-corrected chi connectivity index (χ3v) is 11.4. The molecule has 180 valence electrons. The monoisotopic (exact) mass is 540 g/mol. The van der Waals surface area contributed by atoms with Crippen LogP contribution in [0.2, 0.25) is 0 Å². The molecule has 0 aliphatic heterocycles. The quantitative estimate of drug-likeness (QED) is 0.198. The van der Waals surface area contributed by atoms with Crippen molar-refractivity contribution in [3.63, 3.8) is 0 Å². The van der Waals surface area contributed by atoms with Crippen LogP contribution in [0.25, 0.3) is 43.8 Å². The molecule has 0 nitrogen and oxygen atoms in total. The van der Waals surface area contributed by atoms with E-state index in [0.717, 1.165) is 23.7 Å². The molecule has 5 aromatic carbocycles. The zero-order chi connectivity index (χ0) is 24.3. The summed E-state index contributed by atoms with van der Waals surface area (Å²) in [5, 5.41) is 5.40. The van der Waals surface area contributed by atoms with Gasteiger partial charge in [0.1, 0.15) is 0 Å². The van der Waals surface area contributed by atoms with E-state index in [0.29, 0.717) is 0 Å². The SMILES string of the molecule is Brc1cccc2c(-c3ccc4c(c3)C3(c5cc6ccccc6cc5-4)C4CC5CC(C4)CC3C5)cccc12. The molecule has 37 heavy (non-hydrogen) atoms. The largest absolute Gasteiger partial charge is 0.0616 e. The van der Waals surface area contributed by atoms with Gasteiger partial charge in [-0.15, -0.1) is 0 Å². The Morgan fingerprint density at radius 2 is 1.22 bits per heavy atom. The summed E-state index contributed by atoms with van der Waals surface area (Å²) in [5.41, 5.74) is 9.19. The van der Waals surface area contributed by atoms with Crippen LogP contribution >= 0.6 is 15.9 Å². The third kappa shape index (κ3) is 2.69. The molecule has 1 heteroatoms. The summed E-state index contributed by atoms with van der Waals surface area (Å²) in [4.78, 5) is 0. The Bertz CT molecular complexity index is 1730. The lowest BCUT2D eigenvalue weighted by Gasteiger charge is -2.61. The van der Waals surface area contributed by atoms with Crippen molar-refractivity contribution in [1.82, 2.24) is 0 Å². The molecule has 0 N–H and O–H groups in total. The molecule has 0 atom stereocenters. The molecule has 0 heterocycles. The lowest BCUT2D eigenvalue weighted by Crippen LogP contribution is -2.55. The van der Waals surface area contributed by atoms with Gasteiger partial charge in [-0.3, -0.25) is 0 Å². The normalized spacial score (nSPS) is 28.8. The van der Waals surface area contributed by atoms with Gasteiger partial charge in [0.2, 0.25) is 0 Å². The molecule has 4 saturated carbocycles. The van der Waals surface area contributed by atoms with E-state index in [1.165, 1.54) is 80.4 Å². The van der Waals surface area contributed by atoms with E-state index < -0.39 is 0 Å². The van der Waals surface area contributed by atoms with Gasteiger partial charge in [-0.1, -0.05) is 82.7 Å². The van der Waals surface area contributed by atoms with Gasteiger partial charge in [-0.2, -0.15) is 0 Å². The highest BCUT2D eigenvalue weighted by atomic mass is 79.9. The van der Waals surface area contributed by atoms with Crippen LogP contribution in [-0.2, 0) is 5.41 Å². The first-order chi connectivity index (χ1) is 18.2. The first-order valence-corrected chi connectivity index (χ1v) is 14.8. The van der Waals surface area contributed by atoms with Crippen molar-refractivity contribution in [2.45, 2.75) is 37.5 Å². The minimum absolute atomic E-state index is 0.184. The fraction of sp³-hybridized carbons (Fsp3) is 0.278. The predicted octanol–water partition coefficient (Wildman–Crippen LogP) is 10.1. The third-order valence-electron chi connectivity index (χ3n) is 10.7. The molecule has 5 aliphatic carbocycles. The molecular formula is C36H29Br. The van der Waals surface area contributed by atoms with Crippen molar-refractivity contribution in [2.75, 3.05) is 0 Å². The first-order valence-electron chi connectivity index (χ1n) is 14.1. The molecule has 4 bridgehead atoms. The maximum Gasteiger partial charge on any atom is 0.0272 e. The molecular weight excluding hydrogens is 512 g/mol. The number of hydrogen-bond donors (Lipinski definition) is 0. The highest BCUT2D eigenvalue weighted by Crippen LogP contribution is 2.69. The number of benzene rings is 5. The summed E-state index contributed by atoms with van der Waals surface area (Å²) >= 11 is 3.79. The molecule has 1 spiro atoms. The Kier molecular flexibility index (Phi) is 4.19. The second kappa shape index (κ2) is 7.35. The molecule has 0 aromatic heterocycles. The van der Waals surface area contributed by atoms with E-state index in [1.807, 2.05) is 0 Å². The zero-order valence-electron chi connectivity index (χ0n) is 20.9. The second-order valence-corrected chi connectivity index (χ2v) is 13.2. The van der Waals surface area contributed by atoms with E-state index in [-0.39, 0.29) is 5.41 Å². The van der Waals surface area contributed by atoms with Crippen molar-refractivity contribution < 1.29 is 0 Å². The average Bonchev–Trinajstić information content (AvgIpc) is 3.19. The summed E-state index contributed by atoms with van der Waals surface area (Å²) in [6.45, 7) is 0. The number of halogens is 1. The van der Waals surface area contributed by atoms with Crippen LogP contribution in [0.5, 0.6) is 0 Å². The van der Waals surface area contributed by atoms with E-state index in [2.05, 4.69) is 107 Å². The Hall–Kier alpha value is -2.90. The van der Waals surface area contributed by atoms with Crippen molar-refractivity contribution in [3.8, 4) is 22.3 Å². The molecule has 10 rings (SSSR count). The number of hydrogen-bond acceptors (Lipinski definition) is 0. The highest BCUT2D eigenvalue weighted by Gasteiger charge is 2.61. The first kappa shape index (κ1) is 21.1. The van der Waals surface area contributed by atoms with Crippen molar-refractivity contribution >= 4 is 37.5 Å². The average molecular weight is 542 g/mol. The Labute approximate surface area is 226 Å². The van der Waals surface area contributed by atoms with Gasteiger partial charge in [-0.25, -0.2) is 0 Å². The van der Waals surface area contributed by atoms with Crippen molar-refractivity contribution in [3.05, 3.63) is 107 Å². The van der Waals surface area contributed by atoms with Gasteiger partial charge in [0, 0.05) is 9.89 Å². The lowest BCUT2D eigenvalue weighted by atomic mass is 9.43. The Balaban J connectivity index is 1.34. The van der Waals surface area contributed by atoms with Gasteiger partial charge in [0.25, 0.3) is 0 Å². The van der Waals surface area contributed by atoms with Crippen LogP contribution < -0.4 is 0 Å². The molecule has 0 amide bonds. The molecule has 0 radical (unpaired) electrons. The second-order valence-electron chi connectivity index (χ2n) is 12.3. The fourth-order valence-corrected chi connectivity index (χ4v) is 10.1. The minimum Gasteiger partial charge on any atom is -0.0616 e. The molecule has 0 saturated heterocycles. The lowest BCUT2D eigenvalue weighted by molar-refractivity contribution is -0.0398. The maximum absolute atomic E-state index is 3.79. The van der Waals surface area contributed by atoms with Crippen LogP contribution in [0.3, 0.4) is 0 Å². The number of rotatable bonds is 1. The standard InChI is InChI=1S/C36H29Br/c37-35-10-4-8-29-28(7-3-9-31(29)35)25-11-12-30-32-18-23-5-1-2-6-24(23)19-34(32)36(33(30)20-25)26-14-21-13-22(16-26)17-27(36)15-21/h1-12,18-22,26-27H,13-17H2. The van der Waals surface area contributed by atoms with E-state index >= 15 is 0 Å². The van der Waals surface area contributed by atoms with E-state index in [1.54, 1.807) is 11.1 Å². The van der Waals surface area contributed by atoms with Crippen LogP contribution in [0.4, 0.5) is 0 Å². The van der Waals surface area contributed by atoms with Crippen LogP contribution in [0.1, 0.15) is 43.2 Å². The van der Waals surface area contributed by atoms with Crippen molar-refractivity contribution in [1.29, 1.82) is 0 Å². The van der Waals surface area contributed by atoms with Gasteiger partial charge in [0.15, 0.2) is 0 Å². The van der Waals surface area contributed by atoms with Crippen LogP contribution in [0, 0.1) is 23.7 Å². The summed E-state index contributed by atoms with van der Waals surface area (Å²) in [6, 6.07) is 35.0. The summed E-state index contributed by atoms with van der Waals surface area (Å²) in [7, 11) is 0.